The molecule has 0 atom stereocenters. The third-order valence-corrected chi connectivity index (χ3v) is 7.01. The maximum absolute atomic E-state index is 12.9. The van der Waals surface area contributed by atoms with E-state index < -0.39 is 10.0 Å². The fourth-order valence-corrected chi connectivity index (χ4v) is 4.97. The molecule has 0 saturated carbocycles. The molecular formula is C21H28ClN5O2S. The number of aryl methyl sites for hydroxylation is 1. The number of nitrogens with zero attached hydrogens (tertiary/aromatic N) is 4. The quantitative estimate of drug-likeness (QED) is 0.650. The average Bonchev–Trinajstić information content (AvgIpc) is 2.70. The number of sulfonamides is 1. The number of aromatic nitrogens is 2. The average molecular weight is 450 g/mol. The topological polar surface area (TPSA) is 78.4 Å². The van der Waals surface area contributed by atoms with Gasteiger partial charge < -0.3 is 4.90 Å². The molecule has 30 heavy (non-hydrogen) atoms. The van der Waals surface area contributed by atoms with Gasteiger partial charge in [-0.15, -0.1) is 6.58 Å². The number of nitrogens with one attached hydrogen (secondary N) is 1. The summed E-state index contributed by atoms with van der Waals surface area (Å²) in [7, 11) is -3.85. The maximum Gasteiger partial charge on any atom is 0.263 e. The van der Waals surface area contributed by atoms with Gasteiger partial charge in [0.1, 0.15) is 4.90 Å². The Morgan fingerprint density at radius 3 is 2.53 bits per heavy atom. The van der Waals surface area contributed by atoms with Crippen LogP contribution in [0, 0.1) is 6.92 Å². The highest BCUT2D eigenvalue weighted by Gasteiger charge is 2.22. The molecule has 1 N–H and O–H groups in total. The lowest BCUT2D eigenvalue weighted by Crippen LogP contribution is -2.47. The van der Waals surface area contributed by atoms with Gasteiger partial charge in [0.15, 0.2) is 0 Å². The summed E-state index contributed by atoms with van der Waals surface area (Å²) in [6.07, 6.45) is 3.42. The van der Waals surface area contributed by atoms with Crippen molar-refractivity contribution in [3.05, 3.63) is 53.3 Å². The zero-order valence-corrected chi connectivity index (χ0v) is 19.2. The molecule has 7 nitrogen and oxygen atoms in total. The van der Waals surface area contributed by atoms with Crippen LogP contribution in [0.25, 0.3) is 0 Å². The molecule has 9 heteroatoms. The summed E-state index contributed by atoms with van der Waals surface area (Å²) in [4.78, 5) is 13.4. The number of piperazine rings is 1. The van der Waals surface area contributed by atoms with E-state index in [4.69, 9.17) is 11.6 Å². The van der Waals surface area contributed by atoms with Crippen LogP contribution in [-0.2, 0) is 10.0 Å². The van der Waals surface area contributed by atoms with Crippen LogP contribution in [0.2, 0.25) is 5.02 Å². The molecule has 0 amide bonds. The van der Waals surface area contributed by atoms with Gasteiger partial charge in [-0.05, 0) is 30.5 Å². The largest absolute Gasteiger partial charge is 0.338 e. The Labute approximate surface area is 183 Å². The molecule has 1 aliphatic heterocycles. The van der Waals surface area contributed by atoms with E-state index in [1.165, 1.54) is 12.3 Å². The number of rotatable bonds is 7. The molecule has 1 saturated heterocycles. The van der Waals surface area contributed by atoms with Gasteiger partial charge in [-0.25, -0.2) is 18.4 Å². The van der Waals surface area contributed by atoms with Crippen molar-refractivity contribution in [2.24, 2.45) is 0 Å². The standard InChI is InChI=1S/C21H28ClN5O2S/c1-5-8-26-9-11-27(12-10-26)21-23-14-19(16(4)24-21)25-30(28,29)20-7-6-17(15(2)3)13-18(20)22/h5-7,13-15,25H,1,8-12H2,2-4H3. The smallest absolute Gasteiger partial charge is 0.263 e. The van der Waals surface area contributed by atoms with Gasteiger partial charge >= 0.3 is 0 Å². The van der Waals surface area contributed by atoms with Crippen LogP contribution in [0.15, 0.2) is 41.9 Å². The lowest BCUT2D eigenvalue weighted by atomic mass is 10.0. The third kappa shape index (κ3) is 5.11. The fraction of sp³-hybridized carbons (Fsp3) is 0.429. The van der Waals surface area contributed by atoms with Gasteiger partial charge in [-0.1, -0.05) is 37.6 Å². The van der Waals surface area contributed by atoms with Crippen molar-refractivity contribution < 1.29 is 8.42 Å². The van der Waals surface area contributed by atoms with E-state index in [-0.39, 0.29) is 15.8 Å². The van der Waals surface area contributed by atoms with E-state index in [0.717, 1.165) is 38.3 Å². The first-order valence-corrected chi connectivity index (χ1v) is 11.8. The van der Waals surface area contributed by atoms with E-state index in [2.05, 4.69) is 31.1 Å². The molecule has 0 unspecified atom stereocenters. The van der Waals surface area contributed by atoms with Crippen molar-refractivity contribution >= 4 is 33.3 Å². The van der Waals surface area contributed by atoms with Crippen molar-refractivity contribution in [1.29, 1.82) is 0 Å². The van der Waals surface area contributed by atoms with Crippen molar-refractivity contribution in [3.8, 4) is 0 Å². The second-order valence-electron chi connectivity index (χ2n) is 7.70. The minimum atomic E-state index is -3.85. The van der Waals surface area contributed by atoms with E-state index >= 15 is 0 Å². The normalized spacial score (nSPS) is 15.4. The van der Waals surface area contributed by atoms with Crippen LogP contribution >= 0.6 is 11.6 Å². The van der Waals surface area contributed by atoms with E-state index in [0.29, 0.717) is 17.3 Å². The number of hydrogen-bond donors (Lipinski definition) is 1. The minimum Gasteiger partial charge on any atom is -0.338 e. The molecule has 2 aromatic rings. The number of benzene rings is 1. The monoisotopic (exact) mass is 449 g/mol. The van der Waals surface area contributed by atoms with E-state index in [1.54, 1.807) is 19.1 Å². The molecule has 3 rings (SSSR count). The predicted molar refractivity (Wildman–Crippen MR) is 122 cm³/mol. The Kier molecular flexibility index (Phi) is 7.00. The summed E-state index contributed by atoms with van der Waals surface area (Å²) in [5, 5.41) is 0.196. The Bertz CT molecular complexity index is 1020. The van der Waals surface area contributed by atoms with Gasteiger partial charge in [0.05, 0.1) is 22.6 Å². The summed E-state index contributed by atoms with van der Waals surface area (Å²) in [6.45, 7) is 13.9. The molecule has 0 bridgehead atoms. The van der Waals surface area contributed by atoms with Gasteiger partial charge in [-0.2, -0.15) is 0 Å². The van der Waals surface area contributed by atoms with Gasteiger partial charge in [-0.3, -0.25) is 9.62 Å². The van der Waals surface area contributed by atoms with Crippen LogP contribution in [-0.4, -0.2) is 56.0 Å². The number of anilines is 2. The van der Waals surface area contributed by atoms with Crippen molar-refractivity contribution in [3.63, 3.8) is 0 Å². The van der Waals surface area contributed by atoms with Crippen molar-refractivity contribution in [2.75, 3.05) is 42.3 Å². The Morgan fingerprint density at radius 2 is 1.97 bits per heavy atom. The van der Waals surface area contributed by atoms with Gasteiger partial charge in [0.25, 0.3) is 10.0 Å². The molecule has 1 aromatic heterocycles. The highest BCUT2D eigenvalue weighted by Crippen LogP contribution is 2.28. The molecule has 0 aliphatic carbocycles. The zero-order valence-electron chi connectivity index (χ0n) is 17.6. The summed E-state index contributed by atoms with van der Waals surface area (Å²) in [6, 6.07) is 5.01. The number of halogens is 1. The molecule has 1 aliphatic rings. The highest BCUT2D eigenvalue weighted by molar-refractivity contribution is 7.92. The Balaban J connectivity index is 1.75. The lowest BCUT2D eigenvalue weighted by molar-refractivity contribution is 0.282. The Hall–Kier alpha value is -2.16. The minimum absolute atomic E-state index is 0.0374. The van der Waals surface area contributed by atoms with Crippen LogP contribution in [0.3, 0.4) is 0 Å². The summed E-state index contributed by atoms with van der Waals surface area (Å²) >= 11 is 6.26. The molecular weight excluding hydrogens is 422 g/mol. The second kappa shape index (κ2) is 9.32. The first kappa shape index (κ1) is 22.5. The van der Waals surface area contributed by atoms with Crippen LogP contribution in [0.4, 0.5) is 11.6 Å². The van der Waals surface area contributed by atoms with Gasteiger partial charge in [0.2, 0.25) is 5.95 Å². The highest BCUT2D eigenvalue weighted by atomic mass is 35.5. The Morgan fingerprint density at radius 1 is 1.27 bits per heavy atom. The first-order chi connectivity index (χ1) is 14.2. The van der Waals surface area contributed by atoms with Crippen LogP contribution in [0.1, 0.15) is 31.0 Å². The zero-order chi connectivity index (χ0) is 21.9. The molecule has 0 spiro atoms. The van der Waals surface area contributed by atoms with Crippen molar-refractivity contribution in [2.45, 2.75) is 31.6 Å². The van der Waals surface area contributed by atoms with E-state index in [9.17, 15) is 8.42 Å². The first-order valence-electron chi connectivity index (χ1n) is 9.95. The van der Waals surface area contributed by atoms with Crippen LogP contribution in [0.5, 0.6) is 0 Å². The SMILES string of the molecule is C=CCN1CCN(c2ncc(NS(=O)(=O)c3ccc(C(C)C)cc3Cl)c(C)n2)CC1. The number of hydrogen-bond acceptors (Lipinski definition) is 6. The van der Waals surface area contributed by atoms with Crippen molar-refractivity contribution in [1.82, 2.24) is 14.9 Å². The lowest BCUT2D eigenvalue weighted by Gasteiger charge is -2.34. The van der Waals surface area contributed by atoms with Gasteiger partial charge in [0, 0.05) is 32.7 Å². The molecule has 162 valence electrons. The molecule has 0 radical (unpaired) electrons. The van der Waals surface area contributed by atoms with Crippen LogP contribution < -0.4 is 9.62 Å². The maximum atomic E-state index is 12.9. The summed E-state index contributed by atoms with van der Waals surface area (Å²) in [5.41, 5.74) is 1.89. The second-order valence-corrected chi connectivity index (χ2v) is 9.75. The van der Waals surface area contributed by atoms with E-state index in [1.807, 2.05) is 19.9 Å². The fourth-order valence-electron chi connectivity index (χ4n) is 3.31. The molecule has 2 heterocycles. The predicted octanol–water partition coefficient (Wildman–Crippen LogP) is 3.67. The summed E-state index contributed by atoms with van der Waals surface area (Å²) < 4.78 is 28.3. The summed E-state index contributed by atoms with van der Waals surface area (Å²) in [5.74, 6) is 0.863. The molecule has 1 fully saturated rings. The third-order valence-electron chi connectivity index (χ3n) is 5.17. The molecule has 1 aromatic carbocycles.